The molecule has 0 saturated carbocycles. The minimum Gasteiger partial charge on any atom is -0.466 e. The molecule has 0 aliphatic rings. The van der Waals surface area contributed by atoms with E-state index in [4.69, 9.17) is 18.9 Å². The first kappa shape index (κ1) is 60.2. The highest BCUT2D eigenvalue weighted by atomic mass is 79.9. The second-order valence-corrected chi connectivity index (χ2v) is 17.9. The summed E-state index contributed by atoms with van der Waals surface area (Å²) < 4.78 is 21.7. The Morgan fingerprint density at radius 3 is 1.13 bits per heavy atom. The van der Waals surface area contributed by atoms with Crippen LogP contribution < -0.4 is 0 Å². The standard InChI is InChI=1S/C50H88Br2O10/c1-3-5-25-35-45(61-49(57)41-51)43(53)33-27-19-13-7-9-15-21-29-37-47(55)59-39-31-23-17-11-12-18-24-32-40-60-48(56)38-30-22-16-10-8-14-20-28-34-44(54)46(36-26-6-4-2)62-50(58)42-52/h19-20,27-28,43-46,53-54H,3-18,21-26,29-42H2,1-2H3. The molecule has 0 aromatic heterocycles. The fourth-order valence-corrected chi connectivity index (χ4v) is 7.43. The number of ether oxygens (including phenoxy) is 4. The van der Waals surface area contributed by atoms with E-state index in [1.807, 2.05) is 12.2 Å². The van der Waals surface area contributed by atoms with Crippen LogP contribution in [-0.2, 0) is 38.1 Å². The van der Waals surface area contributed by atoms with E-state index in [0.29, 0.717) is 51.7 Å². The second kappa shape index (κ2) is 45.8. The average molecular weight is 1010 g/mol. The van der Waals surface area contributed by atoms with Gasteiger partial charge in [-0.3, -0.25) is 19.2 Å². The van der Waals surface area contributed by atoms with Crippen LogP contribution in [0.4, 0.5) is 0 Å². The van der Waals surface area contributed by atoms with Crippen LogP contribution in [0.3, 0.4) is 0 Å². The molecule has 0 aliphatic heterocycles. The van der Waals surface area contributed by atoms with Gasteiger partial charge in [-0.1, -0.05) is 173 Å². The number of carbonyl (C=O) groups excluding carboxylic acids is 4. The monoisotopic (exact) mass is 1010 g/mol. The Labute approximate surface area is 394 Å². The average Bonchev–Trinajstić information content (AvgIpc) is 3.26. The molecule has 0 saturated heterocycles. The highest BCUT2D eigenvalue weighted by Crippen LogP contribution is 2.18. The van der Waals surface area contributed by atoms with E-state index in [2.05, 4.69) is 57.9 Å². The van der Waals surface area contributed by atoms with Gasteiger partial charge < -0.3 is 29.2 Å². The predicted octanol–water partition coefficient (Wildman–Crippen LogP) is 13.0. The van der Waals surface area contributed by atoms with Crippen LogP contribution in [0.25, 0.3) is 0 Å². The van der Waals surface area contributed by atoms with Crippen LogP contribution >= 0.6 is 31.9 Å². The summed E-state index contributed by atoms with van der Waals surface area (Å²) in [6.45, 7) is 5.27. The molecule has 0 heterocycles. The minimum atomic E-state index is -0.681. The summed E-state index contributed by atoms with van der Waals surface area (Å²) in [5, 5.41) is 21.3. The molecule has 2 N–H and O–H groups in total. The summed E-state index contributed by atoms with van der Waals surface area (Å²) in [6, 6.07) is 0. The van der Waals surface area contributed by atoms with E-state index < -0.39 is 24.4 Å². The zero-order valence-corrected chi connectivity index (χ0v) is 42.2. The number of aliphatic hydroxyl groups is 2. The Bertz CT molecular complexity index is 1050. The number of allylic oxidation sites excluding steroid dienone is 2. The summed E-state index contributed by atoms with van der Waals surface area (Å²) >= 11 is 6.25. The summed E-state index contributed by atoms with van der Waals surface area (Å²) in [7, 11) is 0. The third-order valence-electron chi connectivity index (χ3n) is 11.0. The molecular formula is C50H88Br2O10. The van der Waals surface area contributed by atoms with Crippen molar-refractivity contribution in [1.82, 2.24) is 0 Å². The number of aliphatic hydroxyl groups excluding tert-OH is 2. The summed E-state index contributed by atoms with van der Waals surface area (Å²) in [6.07, 6.45) is 36.2. The summed E-state index contributed by atoms with van der Waals surface area (Å²) in [5.74, 6) is -0.854. The van der Waals surface area contributed by atoms with Crippen LogP contribution in [0, 0.1) is 0 Å². The predicted molar refractivity (Wildman–Crippen MR) is 259 cm³/mol. The Hall–Kier alpha value is -1.76. The number of unbranched alkanes of at least 4 members (excludes halogenated alkanes) is 21. The maximum absolute atomic E-state index is 12.1. The molecule has 0 spiro atoms. The van der Waals surface area contributed by atoms with Crippen molar-refractivity contribution in [2.45, 2.75) is 244 Å². The van der Waals surface area contributed by atoms with E-state index in [1.54, 1.807) is 0 Å². The summed E-state index contributed by atoms with van der Waals surface area (Å²) in [4.78, 5) is 47.6. The van der Waals surface area contributed by atoms with E-state index in [0.717, 1.165) is 154 Å². The van der Waals surface area contributed by atoms with Crippen LogP contribution in [0.5, 0.6) is 0 Å². The van der Waals surface area contributed by atoms with Gasteiger partial charge in [-0.15, -0.1) is 0 Å². The SMILES string of the molecule is CCCCCC(OC(=O)CBr)C(O)CC=CCCCCCCCC(=O)OCCCCCCCCCCOC(=O)CCCCCCCC=CCC(O)C(CCCCC)OC(=O)CBr. The van der Waals surface area contributed by atoms with Gasteiger partial charge in [-0.25, -0.2) is 0 Å². The number of hydrogen-bond acceptors (Lipinski definition) is 10. The number of hydrogen-bond donors (Lipinski definition) is 2. The first-order valence-corrected chi connectivity index (χ1v) is 26.9. The van der Waals surface area contributed by atoms with E-state index in [-0.39, 0.29) is 34.5 Å². The Balaban J connectivity index is 3.61. The van der Waals surface area contributed by atoms with E-state index >= 15 is 0 Å². The molecule has 62 heavy (non-hydrogen) atoms. The maximum atomic E-state index is 12.1. The van der Waals surface area contributed by atoms with Crippen molar-refractivity contribution < 1.29 is 48.3 Å². The van der Waals surface area contributed by atoms with Crippen molar-refractivity contribution >= 4 is 55.7 Å². The Morgan fingerprint density at radius 1 is 0.435 bits per heavy atom. The maximum Gasteiger partial charge on any atom is 0.316 e. The molecule has 0 amide bonds. The Morgan fingerprint density at radius 2 is 0.774 bits per heavy atom. The smallest absolute Gasteiger partial charge is 0.316 e. The van der Waals surface area contributed by atoms with Crippen molar-refractivity contribution in [2.75, 3.05) is 23.9 Å². The molecule has 12 heteroatoms. The van der Waals surface area contributed by atoms with Gasteiger partial charge in [0.15, 0.2) is 0 Å². The number of esters is 4. The van der Waals surface area contributed by atoms with Crippen molar-refractivity contribution in [1.29, 1.82) is 0 Å². The quantitative estimate of drug-likeness (QED) is 0.0199. The molecule has 362 valence electrons. The molecule has 4 unspecified atom stereocenters. The van der Waals surface area contributed by atoms with Crippen molar-refractivity contribution in [3.05, 3.63) is 24.3 Å². The lowest BCUT2D eigenvalue weighted by atomic mass is 10.0. The lowest BCUT2D eigenvalue weighted by molar-refractivity contribution is -0.152. The van der Waals surface area contributed by atoms with Gasteiger partial charge in [0.05, 0.1) is 25.4 Å². The van der Waals surface area contributed by atoms with E-state index in [9.17, 15) is 29.4 Å². The van der Waals surface area contributed by atoms with Gasteiger partial charge >= 0.3 is 23.9 Å². The van der Waals surface area contributed by atoms with E-state index in [1.165, 1.54) is 12.8 Å². The van der Waals surface area contributed by atoms with Crippen molar-refractivity contribution in [3.63, 3.8) is 0 Å². The van der Waals surface area contributed by atoms with Gasteiger partial charge in [-0.2, -0.15) is 0 Å². The first-order valence-electron chi connectivity index (χ1n) is 24.7. The molecule has 0 bridgehead atoms. The zero-order valence-electron chi connectivity index (χ0n) is 39.0. The molecule has 10 nitrogen and oxygen atoms in total. The molecule has 4 atom stereocenters. The molecule has 0 aliphatic carbocycles. The minimum absolute atomic E-state index is 0.0901. The van der Waals surface area contributed by atoms with Crippen molar-refractivity contribution in [2.24, 2.45) is 0 Å². The lowest BCUT2D eigenvalue weighted by Gasteiger charge is -2.22. The topological polar surface area (TPSA) is 146 Å². The number of alkyl halides is 2. The fourth-order valence-electron chi connectivity index (χ4n) is 7.17. The molecule has 0 radical (unpaired) electrons. The Kier molecular flexibility index (Phi) is 44.5. The van der Waals surface area contributed by atoms with Gasteiger partial charge in [0.2, 0.25) is 0 Å². The lowest BCUT2D eigenvalue weighted by Crippen LogP contribution is -2.31. The molecule has 0 fully saturated rings. The van der Waals surface area contributed by atoms with Gasteiger partial charge in [0.25, 0.3) is 0 Å². The summed E-state index contributed by atoms with van der Waals surface area (Å²) in [5.41, 5.74) is 0. The normalized spacial score (nSPS) is 13.6. The second-order valence-electron chi connectivity index (χ2n) is 16.7. The highest BCUT2D eigenvalue weighted by molar-refractivity contribution is 9.09. The third-order valence-corrected chi connectivity index (χ3v) is 11.9. The number of carbonyl (C=O) groups is 4. The van der Waals surface area contributed by atoms with Crippen LogP contribution in [0.2, 0.25) is 0 Å². The highest BCUT2D eigenvalue weighted by Gasteiger charge is 2.23. The van der Waals surface area contributed by atoms with Gasteiger partial charge in [-0.05, 0) is 89.9 Å². The van der Waals surface area contributed by atoms with Gasteiger partial charge in [0.1, 0.15) is 22.9 Å². The van der Waals surface area contributed by atoms with Crippen LogP contribution in [-0.4, -0.2) is 82.4 Å². The third kappa shape index (κ3) is 39.8. The molecule has 0 aromatic rings. The van der Waals surface area contributed by atoms with Crippen LogP contribution in [0.1, 0.15) is 219 Å². The fraction of sp³-hybridized carbons (Fsp3) is 0.840. The number of halogens is 2. The van der Waals surface area contributed by atoms with Gasteiger partial charge in [0, 0.05) is 12.8 Å². The zero-order chi connectivity index (χ0) is 45.7. The largest absolute Gasteiger partial charge is 0.466 e. The first-order chi connectivity index (χ1) is 30.2. The molecule has 0 rings (SSSR count). The molecular weight excluding hydrogens is 920 g/mol. The van der Waals surface area contributed by atoms with Crippen LogP contribution in [0.15, 0.2) is 24.3 Å². The van der Waals surface area contributed by atoms with Crippen molar-refractivity contribution in [3.8, 4) is 0 Å². The number of rotatable bonds is 45. The molecule has 0 aromatic carbocycles.